The van der Waals surface area contributed by atoms with Crippen molar-refractivity contribution in [2.24, 2.45) is 17.8 Å². The van der Waals surface area contributed by atoms with E-state index >= 15 is 0 Å². The average molecular weight is 404 g/mol. The van der Waals surface area contributed by atoms with Crippen LogP contribution in [0.25, 0.3) is 0 Å². The number of aliphatic hydroxyl groups excluding tert-OH is 1. The van der Waals surface area contributed by atoms with Gasteiger partial charge in [-0.3, -0.25) is 4.57 Å². The van der Waals surface area contributed by atoms with E-state index < -0.39 is 19.0 Å². The largest absolute Gasteiger partial charge is 0.378 e. The molecule has 5 heteroatoms. The molecule has 0 aromatic heterocycles. The van der Waals surface area contributed by atoms with Gasteiger partial charge in [-0.1, -0.05) is 63.6 Å². The molecule has 0 spiro atoms. The monoisotopic (exact) mass is 404 g/mol. The summed E-state index contributed by atoms with van der Waals surface area (Å²) in [4.78, 5) is 0. The Labute approximate surface area is 167 Å². The van der Waals surface area contributed by atoms with Crippen molar-refractivity contribution in [2.45, 2.75) is 52.0 Å². The van der Waals surface area contributed by atoms with Crippen molar-refractivity contribution >= 4 is 12.7 Å². The Morgan fingerprint density at radius 1 is 1.07 bits per heavy atom. The van der Waals surface area contributed by atoms with Gasteiger partial charge in [0.2, 0.25) is 0 Å². The lowest BCUT2D eigenvalue weighted by molar-refractivity contribution is 0.0425. The Morgan fingerprint density at radius 3 is 2.36 bits per heavy atom. The van der Waals surface area contributed by atoms with Gasteiger partial charge in [0.1, 0.15) is 5.82 Å². The first-order valence-corrected chi connectivity index (χ1v) is 11.8. The topological polar surface area (TPSA) is 46.5 Å². The zero-order valence-corrected chi connectivity index (χ0v) is 17.7. The van der Waals surface area contributed by atoms with Gasteiger partial charge < -0.3 is 9.63 Å². The maximum atomic E-state index is 14.4. The summed E-state index contributed by atoms with van der Waals surface area (Å²) in [5.74, 6) is -1.00. The number of benzene rings is 2. The molecule has 0 amide bonds. The van der Waals surface area contributed by atoms with Gasteiger partial charge in [0.05, 0.1) is 6.10 Å². The van der Waals surface area contributed by atoms with Gasteiger partial charge in [-0.2, -0.15) is 0 Å². The standard InChI is InChI=1S/C23H30FO3P/c1-16(2)19-14-13-17(3)15-22(19)27-28(26,18-9-5-4-6-10-18)23(25)20-11-7-8-12-21(20)24/h4-12,16-17,19,22-23,25H,13-15H2,1-3H3/t17-,19-,22-,23-,28+/m1/s1. The first kappa shape index (κ1) is 21.2. The van der Waals surface area contributed by atoms with Crippen LogP contribution in [0.5, 0.6) is 0 Å². The van der Waals surface area contributed by atoms with Crippen LogP contribution in [0.1, 0.15) is 51.4 Å². The van der Waals surface area contributed by atoms with Gasteiger partial charge in [-0.05, 0) is 48.8 Å². The molecule has 3 nitrogen and oxygen atoms in total. The molecule has 152 valence electrons. The van der Waals surface area contributed by atoms with Gasteiger partial charge in [0, 0.05) is 10.9 Å². The van der Waals surface area contributed by atoms with E-state index in [0.717, 1.165) is 19.3 Å². The van der Waals surface area contributed by atoms with Gasteiger partial charge >= 0.3 is 0 Å². The van der Waals surface area contributed by atoms with E-state index in [1.165, 1.54) is 12.1 Å². The summed E-state index contributed by atoms with van der Waals surface area (Å²) in [7, 11) is -3.77. The third-order valence-electron chi connectivity index (χ3n) is 5.87. The molecule has 0 unspecified atom stereocenters. The van der Waals surface area contributed by atoms with Crippen molar-refractivity contribution in [3.8, 4) is 0 Å². The highest BCUT2D eigenvalue weighted by atomic mass is 31.2. The maximum Gasteiger partial charge on any atom is 0.264 e. The number of hydrogen-bond acceptors (Lipinski definition) is 3. The fraction of sp³-hybridized carbons (Fsp3) is 0.478. The summed E-state index contributed by atoms with van der Waals surface area (Å²) < 4.78 is 34.9. The lowest BCUT2D eigenvalue weighted by Crippen LogP contribution is -2.35. The molecule has 1 N–H and O–H groups in total. The zero-order chi connectivity index (χ0) is 20.3. The van der Waals surface area contributed by atoms with Gasteiger partial charge in [0.15, 0.2) is 5.85 Å². The van der Waals surface area contributed by atoms with Crippen molar-refractivity contribution < 1.29 is 18.6 Å². The molecule has 1 aliphatic carbocycles. The molecule has 0 aliphatic heterocycles. The Hall–Kier alpha value is -1.48. The smallest absolute Gasteiger partial charge is 0.264 e. The van der Waals surface area contributed by atoms with Crippen LogP contribution in [0, 0.1) is 23.6 Å². The summed E-state index contributed by atoms with van der Waals surface area (Å²) in [6.45, 7) is 6.48. The third kappa shape index (κ3) is 4.40. The summed E-state index contributed by atoms with van der Waals surface area (Å²) in [5, 5.41) is 11.5. The molecule has 5 atom stereocenters. The lowest BCUT2D eigenvalue weighted by Gasteiger charge is -2.39. The minimum absolute atomic E-state index is 0.0136. The van der Waals surface area contributed by atoms with E-state index in [1.807, 2.05) is 6.07 Å². The predicted octanol–water partition coefficient (Wildman–Crippen LogP) is 5.90. The highest BCUT2D eigenvalue weighted by Gasteiger charge is 2.43. The average Bonchev–Trinajstić information content (AvgIpc) is 2.68. The summed E-state index contributed by atoms with van der Waals surface area (Å²) in [6, 6.07) is 14.7. The lowest BCUT2D eigenvalue weighted by atomic mass is 9.75. The molecule has 3 rings (SSSR count). The van der Waals surface area contributed by atoms with Crippen LogP contribution in [0.3, 0.4) is 0 Å². The number of rotatable bonds is 6. The second-order valence-electron chi connectivity index (χ2n) is 8.30. The fourth-order valence-corrected chi connectivity index (χ4v) is 6.53. The Morgan fingerprint density at radius 2 is 1.71 bits per heavy atom. The summed E-state index contributed by atoms with van der Waals surface area (Å²) in [5.41, 5.74) is 0.0136. The van der Waals surface area contributed by atoms with Crippen molar-refractivity contribution in [3.05, 3.63) is 66.0 Å². The van der Waals surface area contributed by atoms with E-state index in [-0.39, 0.29) is 17.6 Å². The molecule has 0 heterocycles. The van der Waals surface area contributed by atoms with E-state index in [0.29, 0.717) is 17.1 Å². The molecular weight excluding hydrogens is 374 g/mol. The fourth-order valence-electron chi connectivity index (χ4n) is 4.20. The minimum Gasteiger partial charge on any atom is -0.378 e. The van der Waals surface area contributed by atoms with Gasteiger partial charge in [-0.25, -0.2) is 4.39 Å². The zero-order valence-electron chi connectivity index (χ0n) is 16.8. The van der Waals surface area contributed by atoms with E-state index in [1.54, 1.807) is 36.4 Å². The highest BCUT2D eigenvalue weighted by molar-refractivity contribution is 7.67. The van der Waals surface area contributed by atoms with E-state index in [2.05, 4.69) is 20.8 Å². The quantitative estimate of drug-likeness (QED) is 0.610. The molecule has 1 aliphatic rings. The molecule has 2 aromatic carbocycles. The second kappa shape index (κ2) is 8.90. The molecular formula is C23H30FO3P. The van der Waals surface area contributed by atoms with Crippen molar-refractivity contribution in [2.75, 3.05) is 0 Å². The molecule has 1 fully saturated rings. The number of hydrogen-bond donors (Lipinski definition) is 1. The summed E-state index contributed by atoms with van der Waals surface area (Å²) >= 11 is 0. The van der Waals surface area contributed by atoms with Crippen LogP contribution in [0.4, 0.5) is 4.39 Å². The molecule has 0 bridgehead atoms. The maximum absolute atomic E-state index is 14.4. The summed E-state index contributed by atoms with van der Waals surface area (Å²) in [6.07, 6.45) is 2.70. The van der Waals surface area contributed by atoms with Crippen LogP contribution >= 0.6 is 7.37 Å². The van der Waals surface area contributed by atoms with Crippen LogP contribution in [-0.2, 0) is 9.09 Å². The van der Waals surface area contributed by atoms with E-state index in [4.69, 9.17) is 4.52 Å². The first-order chi connectivity index (χ1) is 13.3. The van der Waals surface area contributed by atoms with Crippen LogP contribution in [0.15, 0.2) is 54.6 Å². The molecule has 28 heavy (non-hydrogen) atoms. The second-order valence-corrected chi connectivity index (χ2v) is 10.7. The predicted molar refractivity (Wildman–Crippen MR) is 111 cm³/mol. The Kier molecular flexibility index (Phi) is 6.75. The molecule has 0 radical (unpaired) electrons. The van der Waals surface area contributed by atoms with Crippen molar-refractivity contribution in [3.63, 3.8) is 0 Å². The number of aliphatic hydroxyl groups is 1. The van der Waals surface area contributed by atoms with Gasteiger partial charge in [-0.15, -0.1) is 0 Å². The van der Waals surface area contributed by atoms with Gasteiger partial charge in [0.25, 0.3) is 7.37 Å². The Balaban J connectivity index is 2.02. The first-order valence-electron chi connectivity index (χ1n) is 10.1. The minimum atomic E-state index is -3.77. The molecule has 0 saturated heterocycles. The van der Waals surface area contributed by atoms with Crippen molar-refractivity contribution in [1.82, 2.24) is 0 Å². The Bertz CT molecular complexity index is 824. The third-order valence-corrected chi connectivity index (χ3v) is 8.40. The highest BCUT2D eigenvalue weighted by Crippen LogP contribution is 2.60. The number of halogens is 1. The van der Waals surface area contributed by atoms with Crippen LogP contribution < -0.4 is 5.30 Å². The van der Waals surface area contributed by atoms with Crippen molar-refractivity contribution in [1.29, 1.82) is 0 Å². The molecule has 1 saturated carbocycles. The van der Waals surface area contributed by atoms with Crippen LogP contribution in [-0.4, -0.2) is 11.2 Å². The van der Waals surface area contributed by atoms with E-state index in [9.17, 15) is 14.1 Å². The molecule has 2 aromatic rings. The van der Waals surface area contributed by atoms with Crippen LogP contribution in [0.2, 0.25) is 0 Å². The normalized spacial score (nSPS) is 26.0. The SMILES string of the molecule is CC(C)[C@H]1CC[C@@H](C)C[C@H]1O[P@@](=O)(c1ccccc1)[C@@H](O)c1ccccc1F.